The molecule has 1 saturated heterocycles. The molecule has 8 nitrogen and oxygen atoms in total. The SMILES string of the molecule is CNC(=O)N1CCNC[C@]12C(=O)CC(Cc1ccc(NO)c(SC)c1CC(C)C)C2=O. The number of rotatable bonds is 6. The largest absolute Gasteiger partial charge is 0.341 e. The van der Waals surface area contributed by atoms with Crippen molar-refractivity contribution in [1.82, 2.24) is 15.5 Å². The van der Waals surface area contributed by atoms with E-state index >= 15 is 0 Å². The van der Waals surface area contributed by atoms with Gasteiger partial charge in [-0.3, -0.25) is 20.3 Å². The number of anilines is 1. The van der Waals surface area contributed by atoms with E-state index in [-0.39, 0.29) is 24.5 Å². The number of piperazine rings is 1. The van der Waals surface area contributed by atoms with E-state index in [2.05, 4.69) is 30.0 Å². The van der Waals surface area contributed by atoms with Gasteiger partial charge in [-0.25, -0.2) is 4.79 Å². The summed E-state index contributed by atoms with van der Waals surface area (Å²) in [4.78, 5) is 41.6. The third-order valence-electron chi connectivity index (χ3n) is 6.25. The van der Waals surface area contributed by atoms with Crippen LogP contribution in [0.25, 0.3) is 0 Å². The van der Waals surface area contributed by atoms with Crippen molar-refractivity contribution in [1.29, 1.82) is 0 Å². The highest BCUT2D eigenvalue weighted by atomic mass is 32.2. The highest BCUT2D eigenvalue weighted by molar-refractivity contribution is 7.98. The molecule has 170 valence electrons. The maximum Gasteiger partial charge on any atom is 0.318 e. The second-order valence-electron chi connectivity index (χ2n) is 8.63. The number of nitrogens with zero attached hydrogens (tertiary/aromatic N) is 1. The number of benzene rings is 1. The van der Waals surface area contributed by atoms with Crippen LogP contribution in [-0.4, -0.2) is 66.2 Å². The molecule has 9 heteroatoms. The van der Waals surface area contributed by atoms with Crippen molar-refractivity contribution in [3.05, 3.63) is 23.3 Å². The third-order valence-corrected chi connectivity index (χ3v) is 7.12. The third kappa shape index (κ3) is 4.18. The van der Waals surface area contributed by atoms with Crippen molar-refractivity contribution in [2.24, 2.45) is 11.8 Å². The van der Waals surface area contributed by atoms with Gasteiger partial charge in [-0.05, 0) is 42.2 Å². The van der Waals surface area contributed by atoms with Gasteiger partial charge in [0.05, 0.1) is 5.69 Å². The second kappa shape index (κ2) is 9.58. The van der Waals surface area contributed by atoms with E-state index < -0.39 is 17.5 Å². The zero-order valence-corrected chi connectivity index (χ0v) is 19.4. The molecule has 0 bridgehead atoms. The van der Waals surface area contributed by atoms with Gasteiger partial charge in [-0.2, -0.15) is 0 Å². The Kier molecular flexibility index (Phi) is 7.28. The Morgan fingerprint density at radius 2 is 2.13 bits per heavy atom. The zero-order valence-electron chi connectivity index (χ0n) is 18.6. The molecule has 1 heterocycles. The Balaban J connectivity index is 1.96. The van der Waals surface area contributed by atoms with Crippen molar-refractivity contribution in [2.45, 2.75) is 43.5 Å². The number of nitrogens with one attached hydrogen (secondary N) is 3. The van der Waals surface area contributed by atoms with E-state index in [1.807, 2.05) is 12.3 Å². The van der Waals surface area contributed by atoms with Crippen LogP contribution in [0.2, 0.25) is 0 Å². The van der Waals surface area contributed by atoms with E-state index in [4.69, 9.17) is 0 Å². The number of ketones is 2. The van der Waals surface area contributed by atoms with E-state index in [9.17, 15) is 19.6 Å². The van der Waals surface area contributed by atoms with Gasteiger partial charge in [-0.15, -0.1) is 11.8 Å². The van der Waals surface area contributed by atoms with Crippen molar-refractivity contribution in [2.75, 3.05) is 38.4 Å². The van der Waals surface area contributed by atoms with Crippen LogP contribution < -0.4 is 16.1 Å². The van der Waals surface area contributed by atoms with Gasteiger partial charge in [0, 0.05) is 43.9 Å². The number of amides is 2. The minimum atomic E-state index is -1.42. The molecule has 2 amide bonds. The lowest BCUT2D eigenvalue weighted by atomic mass is 9.86. The van der Waals surface area contributed by atoms with Gasteiger partial charge in [0.25, 0.3) is 0 Å². The molecule has 1 aromatic carbocycles. The van der Waals surface area contributed by atoms with Crippen LogP contribution in [0, 0.1) is 11.8 Å². The molecular weight excluding hydrogens is 416 g/mol. The van der Waals surface area contributed by atoms with Crippen LogP contribution in [0.1, 0.15) is 31.4 Å². The molecule has 1 aromatic rings. The molecule has 1 saturated carbocycles. The number of thioether (sulfide) groups is 1. The molecule has 1 unspecified atom stereocenters. The van der Waals surface area contributed by atoms with E-state index in [1.165, 1.54) is 11.9 Å². The first-order valence-corrected chi connectivity index (χ1v) is 11.9. The summed E-state index contributed by atoms with van der Waals surface area (Å²) in [7, 11) is 1.51. The predicted molar refractivity (Wildman–Crippen MR) is 121 cm³/mol. The van der Waals surface area contributed by atoms with Crippen molar-refractivity contribution >= 4 is 35.0 Å². The van der Waals surface area contributed by atoms with E-state index in [1.54, 1.807) is 17.8 Å². The van der Waals surface area contributed by atoms with Crippen LogP contribution in [0.4, 0.5) is 10.5 Å². The molecule has 1 spiro atoms. The molecule has 2 aliphatic rings. The van der Waals surface area contributed by atoms with Crippen LogP contribution in [0.15, 0.2) is 17.0 Å². The molecule has 3 rings (SSSR count). The van der Waals surface area contributed by atoms with E-state index in [0.717, 1.165) is 22.4 Å². The molecule has 0 radical (unpaired) electrons. The maximum atomic E-state index is 13.6. The fourth-order valence-electron chi connectivity index (χ4n) is 4.83. The lowest BCUT2D eigenvalue weighted by molar-refractivity contribution is -0.137. The molecule has 1 aliphatic heterocycles. The van der Waals surface area contributed by atoms with Crippen LogP contribution in [0.3, 0.4) is 0 Å². The lowest BCUT2D eigenvalue weighted by Gasteiger charge is -2.42. The first-order chi connectivity index (χ1) is 14.8. The normalized spacial score (nSPS) is 23.7. The number of carbonyl (C=O) groups is 3. The Hall–Kier alpha value is -2.10. The molecular formula is C22H32N4O4S. The van der Waals surface area contributed by atoms with Gasteiger partial charge >= 0.3 is 6.03 Å². The number of hydrogen-bond donors (Lipinski definition) is 4. The Labute approximate surface area is 187 Å². The molecule has 2 fully saturated rings. The van der Waals surface area contributed by atoms with E-state index in [0.29, 0.717) is 31.1 Å². The highest BCUT2D eigenvalue weighted by Gasteiger charge is 2.60. The zero-order chi connectivity index (χ0) is 22.8. The Morgan fingerprint density at radius 3 is 2.74 bits per heavy atom. The topological polar surface area (TPSA) is 111 Å². The molecule has 4 N–H and O–H groups in total. The van der Waals surface area contributed by atoms with Crippen LogP contribution in [-0.2, 0) is 22.4 Å². The Bertz CT molecular complexity index is 875. The van der Waals surface area contributed by atoms with Gasteiger partial charge in [0.1, 0.15) is 0 Å². The minimum absolute atomic E-state index is 0.129. The monoisotopic (exact) mass is 448 g/mol. The van der Waals surface area contributed by atoms with Gasteiger partial charge in [0.15, 0.2) is 17.1 Å². The van der Waals surface area contributed by atoms with Crippen LogP contribution in [0.5, 0.6) is 0 Å². The lowest BCUT2D eigenvalue weighted by Crippen LogP contribution is -2.70. The predicted octanol–water partition coefficient (Wildman–Crippen LogP) is 2.09. The van der Waals surface area contributed by atoms with Crippen molar-refractivity contribution in [3.8, 4) is 0 Å². The van der Waals surface area contributed by atoms with Crippen LogP contribution >= 0.6 is 11.8 Å². The summed E-state index contributed by atoms with van der Waals surface area (Å²) in [6.07, 6.45) is 3.32. The van der Waals surface area contributed by atoms with Gasteiger partial charge in [-0.1, -0.05) is 19.9 Å². The Morgan fingerprint density at radius 1 is 1.39 bits per heavy atom. The molecule has 31 heavy (non-hydrogen) atoms. The summed E-state index contributed by atoms with van der Waals surface area (Å²) < 4.78 is 0. The smallest absolute Gasteiger partial charge is 0.318 e. The van der Waals surface area contributed by atoms with Crippen molar-refractivity contribution in [3.63, 3.8) is 0 Å². The van der Waals surface area contributed by atoms with Gasteiger partial charge < -0.3 is 15.5 Å². The van der Waals surface area contributed by atoms with Crippen molar-refractivity contribution < 1.29 is 19.6 Å². The van der Waals surface area contributed by atoms with Gasteiger partial charge in [0.2, 0.25) is 0 Å². The number of urea groups is 1. The maximum absolute atomic E-state index is 13.6. The summed E-state index contributed by atoms with van der Waals surface area (Å²) in [6, 6.07) is 3.34. The summed E-state index contributed by atoms with van der Waals surface area (Å²) in [6.45, 7) is 5.28. The average molecular weight is 449 g/mol. The quantitative estimate of drug-likeness (QED) is 0.300. The molecule has 2 atom stereocenters. The summed E-state index contributed by atoms with van der Waals surface area (Å²) in [5, 5.41) is 15.2. The highest BCUT2D eigenvalue weighted by Crippen LogP contribution is 2.39. The summed E-state index contributed by atoms with van der Waals surface area (Å²) in [5.41, 5.74) is 3.58. The fraction of sp³-hybridized carbons (Fsp3) is 0.591. The standard InChI is InChI=1S/C22H32N4O4S/c1-13(2)9-16-14(5-6-17(25-30)19(16)31-4)10-15-11-18(27)22(20(15)28)12-24-7-8-26(22)21(29)23-3/h5-6,13,15,24-25,30H,7-12H2,1-4H3,(H,23,29)/t15?,22-/m1/s1. The molecule has 0 aromatic heterocycles. The average Bonchev–Trinajstić information content (AvgIpc) is 2.98. The fourth-order valence-corrected chi connectivity index (χ4v) is 5.62. The summed E-state index contributed by atoms with van der Waals surface area (Å²) >= 11 is 1.55. The second-order valence-corrected chi connectivity index (χ2v) is 9.45. The summed E-state index contributed by atoms with van der Waals surface area (Å²) in [5.74, 6) is -0.466. The number of carbonyl (C=O) groups excluding carboxylic acids is 3. The number of Topliss-reactive ketones (excluding diaryl/α,β-unsaturated/α-hetero) is 2. The molecule has 1 aliphatic carbocycles. The first-order valence-electron chi connectivity index (χ1n) is 10.7. The first kappa shape index (κ1) is 23.6. The number of hydrogen-bond acceptors (Lipinski definition) is 7. The minimum Gasteiger partial charge on any atom is -0.341 e.